The van der Waals surface area contributed by atoms with Gasteiger partial charge in [-0.1, -0.05) is 59.8 Å². The van der Waals surface area contributed by atoms with E-state index in [0.717, 1.165) is 47.7 Å². The molecule has 6 atom stereocenters. The van der Waals surface area contributed by atoms with Gasteiger partial charge in [-0.2, -0.15) is 0 Å². The van der Waals surface area contributed by atoms with Gasteiger partial charge in [0.05, 0.1) is 0 Å². The van der Waals surface area contributed by atoms with E-state index in [-0.39, 0.29) is 0 Å². The van der Waals surface area contributed by atoms with Crippen molar-refractivity contribution in [3.05, 3.63) is 0 Å². The first-order valence-corrected chi connectivity index (χ1v) is 11.5. The lowest BCUT2D eigenvalue weighted by atomic mass is 9.83. The van der Waals surface area contributed by atoms with Crippen molar-refractivity contribution in [2.24, 2.45) is 34.5 Å². The minimum absolute atomic E-state index is 0.725. The van der Waals surface area contributed by atoms with Crippen LogP contribution < -0.4 is 0 Å². The lowest BCUT2D eigenvalue weighted by Crippen LogP contribution is -2.20. The quantitative estimate of drug-likeness (QED) is 0.338. The Bertz CT molecular complexity index is 418. The van der Waals surface area contributed by atoms with Crippen molar-refractivity contribution in [1.29, 1.82) is 0 Å². The average Bonchev–Trinajstić information content (AvgIpc) is 3.45. The highest BCUT2D eigenvalue weighted by molar-refractivity contribution is 5.02. The van der Waals surface area contributed by atoms with Crippen LogP contribution in [0.4, 0.5) is 0 Å². The fraction of sp³-hybridized carbons (Fsp3) is 1.00. The molecular formula is C24H44O. The molecule has 0 aromatic heterocycles. The molecule has 3 aliphatic carbocycles. The van der Waals surface area contributed by atoms with Gasteiger partial charge in [-0.05, 0) is 79.4 Å². The first-order chi connectivity index (χ1) is 12.0. The molecular weight excluding hydrogens is 304 g/mol. The molecule has 3 saturated carbocycles. The van der Waals surface area contributed by atoms with E-state index in [2.05, 4.69) is 27.7 Å². The Kier molecular flexibility index (Phi) is 6.56. The van der Waals surface area contributed by atoms with Gasteiger partial charge in [0.2, 0.25) is 0 Å². The van der Waals surface area contributed by atoms with Crippen LogP contribution in [-0.2, 0) is 4.74 Å². The Hall–Kier alpha value is -0.0400. The Labute approximate surface area is 157 Å². The van der Waals surface area contributed by atoms with E-state index in [0.29, 0.717) is 0 Å². The highest BCUT2D eigenvalue weighted by atomic mass is 16.5. The summed E-state index contributed by atoms with van der Waals surface area (Å²) in [7, 11) is 0. The maximum atomic E-state index is 6.09. The minimum Gasteiger partial charge on any atom is -0.381 e. The lowest BCUT2D eigenvalue weighted by molar-refractivity contribution is 0.0561. The molecule has 0 spiro atoms. The number of unbranched alkanes of at least 4 members (excludes halogenated alkanes) is 3. The van der Waals surface area contributed by atoms with E-state index in [4.69, 9.17) is 4.74 Å². The van der Waals surface area contributed by atoms with Gasteiger partial charge in [-0.25, -0.2) is 0 Å². The minimum atomic E-state index is 0.725. The van der Waals surface area contributed by atoms with Crippen LogP contribution in [0.25, 0.3) is 0 Å². The third-order valence-corrected chi connectivity index (χ3v) is 8.38. The highest BCUT2D eigenvalue weighted by Gasteiger charge is 2.52. The van der Waals surface area contributed by atoms with Gasteiger partial charge in [0.15, 0.2) is 0 Å². The molecule has 3 fully saturated rings. The van der Waals surface area contributed by atoms with E-state index in [1.165, 1.54) is 77.0 Å². The van der Waals surface area contributed by atoms with Gasteiger partial charge >= 0.3 is 0 Å². The number of rotatable bonds is 12. The third kappa shape index (κ3) is 5.47. The Morgan fingerprint density at radius 2 is 1.88 bits per heavy atom. The summed E-state index contributed by atoms with van der Waals surface area (Å²) in [6.07, 6.45) is 17.3. The summed E-state index contributed by atoms with van der Waals surface area (Å²) in [4.78, 5) is 0. The van der Waals surface area contributed by atoms with E-state index in [1.807, 2.05) is 0 Å². The summed E-state index contributed by atoms with van der Waals surface area (Å²) in [6, 6.07) is 0. The van der Waals surface area contributed by atoms with Crippen LogP contribution >= 0.6 is 0 Å². The van der Waals surface area contributed by atoms with Crippen molar-refractivity contribution in [3.63, 3.8) is 0 Å². The van der Waals surface area contributed by atoms with Crippen LogP contribution in [0.3, 0.4) is 0 Å². The van der Waals surface area contributed by atoms with E-state index >= 15 is 0 Å². The summed E-state index contributed by atoms with van der Waals surface area (Å²) in [5.74, 6) is 3.71. The molecule has 0 amide bonds. The molecule has 3 rings (SSSR count). The predicted molar refractivity (Wildman–Crippen MR) is 108 cm³/mol. The zero-order valence-corrected chi connectivity index (χ0v) is 17.6. The number of fused-ring (bicyclic) bond motifs is 1. The van der Waals surface area contributed by atoms with Crippen molar-refractivity contribution in [3.8, 4) is 0 Å². The SMILES string of the molecule is CCC1(C)CC1CCCCCCC(C)COCC1CCC2(C)CC2C1. The van der Waals surface area contributed by atoms with Crippen LogP contribution in [0, 0.1) is 34.5 Å². The molecule has 0 aliphatic heterocycles. The van der Waals surface area contributed by atoms with Crippen LogP contribution in [-0.4, -0.2) is 13.2 Å². The molecule has 0 saturated heterocycles. The second-order valence-corrected chi connectivity index (χ2v) is 10.7. The first kappa shape index (κ1) is 19.7. The normalized spacial score (nSPS) is 40.6. The molecule has 1 heteroatoms. The molecule has 0 heterocycles. The van der Waals surface area contributed by atoms with E-state index in [1.54, 1.807) is 0 Å². The van der Waals surface area contributed by atoms with Gasteiger partial charge < -0.3 is 4.74 Å². The van der Waals surface area contributed by atoms with Crippen molar-refractivity contribution in [1.82, 2.24) is 0 Å². The summed E-state index contributed by atoms with van der Waals surface area (Å²) >= 11 is 0. The molecule has 1 nitrogen and oxygen atoms in total. The Morgan fingerprint density at radius 1 is 1.08 bits per heavy atom. The van der Waals surface area contributed by atoms with Gasteiger partial charge in [0.1, 0.15) is 0 Å². The third-order valence-electron chi connectivity index (χ3n) is 8.38. The van der Waals surface area contributed by atoms with Gasteiger partial charge in [-0.3, -0.25) is 0 Å². The average molecular weight is 349 g/mol. The molecule has 0 N–H and O–H groups in total. The predicted octanol–water partition coefficient (Wildman–Crippen LogP) is 7.24. The number of hydrogen-bond acceptors (Lipinski definition) is 1. The highest BCUT2D eigenvalue weighted by Crippen LogP contribution is 2.62. The summed E-state index contributed by atoms with van der Waals surface area (Å²) in [6.45, 7) is 11.8. The van der Waals surface area contributed by atoms with E-state index < -0.39 is 0 Å². The molecule has 0 aromatic rings. The summed E-state index contributed by atoms with van der Waals surface area (Å²) in [5, 5.41) is 0. The smallest absolute Gasteiger partial charge is 0.0494 e. The second-order valence-electron chi connectivity index (χ2n) is 10.7. The fourth-order valence-electron chi connectivity index (χ4n) is 5.53. The van der Waals surface area contributed by atoms with Crippen LogP contribution in [0.5, 0.6) is 0 Å². The largest absolute Gasteiger partial charge is 0.381 e. The van der Waals surface area contributed by atoms with Crippen LogP contribution in [0.1, 0.15) is 105 Å². The van der Waals surface area contributed by atoms with Gasteiger partial charge in [0, 0.05) is 13.2 Å². The van der Waals surface area contributed by atoms with Crippen molar-refractivity contribution < 1.29 is 4.74 Å². The zero-order valence-electron chi connectivity index (χ0n) is 17.6. The van der Waals surface area contributed by atoms with Gasteiger partial charge in [-0.15, -0.1) is 0 Å². The molecule has 0 bridgehead atoms. The topological polar surface area (TPSA) is 9.23 Å². The molecule has 25 heavy (non-hydrogen) atoms. The zero-order chi connectivity index (χ0) is 17.9. The monoisotopic (exact) mass is 348 g/mol. The first-order valence-electron chi connectivity index (χ1n) is 11.5. The standard InChI is InChI=1S/C24H44O/c1-5-23(3)15-21(23)11-9-7-6-8-10-19(2)17-25-18-20-12-13-24(4)16-22(24)14-20/h19-22H,5-18H2,1-4H3. The Balaban J connectivity index is 1.12. The Morgan fingerprint density at radius 3 is 2.60 bits per heavy atom. The molecule has 146 valence electrons. The van der Waals surface area contributed by atoms with Crippen LogP contribution in [0.15, 0.2) is 0 Å². The molecule has 6 unspecified atom stereocenters. The van der Waals surface area contributed by atoms with Crippen molar-refractivity contribution >= 4 is 0 Å². The molecule has 0 aromatic carbocycles. The molecule has 3 aliphatic rings. The summed E-state index contributed by atoms with van der Waals surface area (Å²) in [5.41, 5.74) is 1.47. The maximum absolute atomic E-state index is 6.09. The van der Waals surface area contributed by atoms with Gasteiger partial charge in [0.25, 0.3) is 0 Å². The fourth-order valence-corrected chi connectivity index (χ4v) is 5.53. The number of hydrogen-bond donors (Lipinski definition) is 0. The van der Waals surface area contributed by atoms with Crippen molar-refractivity contribution in [2.45, 2.75) is 105 Å². The van der Waals surface area contributed by atoms with E-state index in [9.17, 15) is 0 Å². The van der Waals surface area contributed by atoms with Crippen LogP contribution in [0.2, 0.25) is 0 Å². The van der Waals surface area contributed by atoms with Crippen molar-refractivity contribution in [2.75, 3.05) is 13.2 Å². The maximum Gasteiger partial charge on any atom is 0.0494 e. The second kappa shape index (κ2) is 8.32. The number of ether oxygens (including phenoxy) is 1. The lowest BCUT2D eigenvalue weighted by Gasteiger charge is -2.26. The molecule has 0 radical (unpaired) electrons. The summed E-state index contributed by atoms with van der Waals surface area (Å²) < 4.78 is 6.09.